The van der Waals surface area contributed by atoms with Crippen molar-refractivity contribution in [2.75, 3.05) is 13.1 Å². The van der Waals surface area contributed by atoms with Crippen LogP contribution < -0.4 is 0 Å². The number of nitrogens with one attached hydrogen (secondary N) is 1. The van der Waals surface area contributed by atoms with E-state index in [1.165, 1.54) is 0 Å². The number of halogens is 2. The zero-order valence-corrected chi connectivity index (χ0v) is 16.9. The molecular formula is C15H19Br2N5O2. The van der Waals surface area contributed by atoms with E-state index >= 15 is 0 Å². The standard InChI is InChI=1S/C15H19Br2N5O2/c1-15(2,3)24-14(23)22-6-4-8(5-7-22)9-10-11(21-20-9)12(16)19-13(17)18-10/h8H,4-7H2,1-3H3,(H,20,21). The van der Waals surface area contributed by atoms with Crippen molar-refractivity contribution in [3.05, 3.63) is 15.0 Å². The van der Waals surface area contributed by atoms with E-state index in [1.807, 2.05) is 20.8 Å². The predicted molar refractivity (Wildman–Crippen MR) is 96.9 cm³/mol. The lowest BCUT2D eigenvalue weighted by molar-refractivity contribution is 0.0204. The van der Waals surface area contributed by atoms with Crippen LogP contribution in [0.2, 0.25) is 0 Å². The summed E-state index contributed by atoms with van der Waals surface area (Å²) < 4.78 is 6.62. The van der Waals surface area contributed by atoms with Gasteiger partial charge >= 0.3 is 6.09 Å². The van der Waals surface area contributed by atoms with Crippen molar-refractivity contribution in [3.63, 3.8) is 0 Å². The number of fused-ring (bicyclic) bond motifs is 1. The van der Waals surface area contributed by atoms with E-state index in [-0.39, 0.29) is 12.0 Å². The molecule has 9 heteroatoms. The number of ether oxygens (including phenoxy) is 1. The first kappa shape index (κ1) is 17.6. The van der Waals surface area contributed by atoms with E-state index in [9.17, 15) is 4.79 Å². The number of piperidine rings is 1. The highest BCUT2D eigenvalue weighted by Crippen LogP contribution is 2.33. The van der Waals surface area contributed by atoms with Gasteiger partial charge in [-0.05, 0) is 65.5 Å². The molecule has 0 spiro atoms. The van der Waals surface area contributed by atoms with Crippen molar-refractivity contribution >= 4 is 49.0 Å². The number of amides is 1. The molecule has 0 aromatic carbocycles. The van der Waals surface area contributed by atoms with Crippen LogP contribution in [0.3, 0.4) is 0 Å². The monoisotopic (exact) mass is 459 g/mol. The third kappa shape index (κ3) is 3.72. The number of likely N-dealkylation sites (tertiary alicyclic amines) is 1. The summed E-state index contributed by atoms with van der Waals surface area (Å²) in [4.78, 5) is 22.6. The summed E-state index contributed by atoms with van der Waals surface area (Å²) >= 11 is 6.73. The van der Waals surface area contributed by atoms with Crippen LogP contribution in [0.25, 0.3) is 11.0 Å². The highest BCUT2D eigenvalue weighted by molar-refractivity contribution is 9.11. The topological polar surface area (TPSA) is 84.0 Å². The molecule has 1 aliphatic heterocycles. The number of nitrogens with zero attached hydrogens (tertiary/aromatic N) is 4. The van der Waals surface area contributed by atoms with Crippen molar-refractivity contribution < 1.29 is 9.53 Å². The number of rotatable bonds is 1. The first-order valence-electron chi connectivity index (χ1n) is 7.79. The van der Waals surface area contributed by atoms with Gasteiger partial charge < -0.3 is 9.64 Å². The van der Waals surface area contributed by atoms with E-state index < -0.39 is 5.60 Å². The van der Waals surface area contributed by atoms with E-state index in [2.05, 4.69) is 52.0 Å². The van der Waals surface area contributed by atoms with Crippen LogP contribution in [0.4, 0.5) is 4.79 Å². The van der Waals surface area contributed by atoms with Crippen molar-refractivity contribution in [3.8, 4) is 0 Å². The minimum absolute atomic E-state index is 0.247. The molecule has 0 saturated carbocycles. The van der Waals surface area contributed by atoms with Crippen LogP contribution in [0.15, 0.2) is 9.34 Å². The van der Waals surface area contributed by atoms with Crippen molar-refractivity contribution in [1.82, 2.24) is 25.1 Å². The summed E-state index contributed by atoms with van der Waals surface area (Å²) in [5.41, 5.74) is 2.07. The number of aromatic nitrogens is 4. The number of hydrogen-bond acceptors (Lipinski definition) is 5. The summed E-state index contributed by atoms with van der Waals surface area (Å²) in [6, 6.07) is 0. The third-order valence-corrected chi connectivity index (χ3v) is 4.82. The smallest absolute Gasteiger partial charge is 0.410 e. The molecule has 2 aromatic heterocycles. The Morgan fingerprint density at radius 1 is 1.21 bits per heavy atom. The van der Waals surface area contributed by atoms with E-state index in [4.69, 9.17) is 4.74 Å². The van der Waals surface area contributed by atoms with Gasteiger partial charge in [0.25, 0.3) is 0 Å². The largest absolute Gasteiger partial charge is 0.444 e. The van der Waals surface area contributed by atoms with Gasteiger partial charge in [-0.1, -0.05) is 0 Å². The molecule has 1 fully saturated rings. The maximum absolute atomic E-state index is 12.2. The van der Waals surface area contributed by atoms with Crippen molar-refractivity contribution in [2.24, 2.45) is 0 Å². The van der Waals surface area contributed by atoms with Gasteiger partial charge in [-0.2, -0.15) is 5.10 Å². The molecule has 0 bridgehead atoms. The first-order chi connectivity index (χ1) is 11.2. The van der Waals surface area contributed by atoms with Crippen LogP contribution in [0.5, 0.6) is 0 Å². The second-order valence-corrected chi connectivity index (χ2v) is 8.32. The molecule has 1 saturated heterocycles. The minimum Gasteiger partial charge on any atom is -0.444 e. The third-order valence-electron chi connectivity index (χ3n) is 3.91. The van der Waals surface area contributed by atoms with Gasteiger partial charge in [-0.15, -0.1) is 0 Å². The zero-order chi connectivity index (χ0) is 17.5. The molecule has 3 rings (SSSR count). The average molecular weight is 461 g/mol. The van der Waals surface area contributed by atoms with Gasteiger partial charge in [-0.3, -0.25) is 5.10 Å². The van der Waals surface area contributed by atoms with Crippen LogP contribution in [0, 0.1) is 0 Å². The molecule has 1 amide bonds. The van der Waals surface area contributed by atoms with Crippen molar-refractivity contribution in [1.29, 1.82) is 0 Å². The second-order valence-electron chi connectivity index (χ2n) is 6.86. The minimum atomic E-state index is -0.469. The summed E-state index contributed by atoms with van der Waals surface area (Å²) in [6.07, 6.45) is 1.44. The number of hydrogen-bond donors (Lipinski definition) is 1. The van der Waals surface area contributed by atoms with Gasteiger partial charge in [0, 0.05) is 19.0 Å². The number of carbonyl (C=O) groups is 1. The molecule has 3 heterocycles. The Kier molecular flexibility index (Phi) is 4.83. The summed E-state index contributed by atoms with van der Waals surface area (Å²) in [5.74, 6) is 0.280. The highest BCUT2D eigenvalue weighted by Gasteiger charge is 2.29. The maximum atomic E-state index is 12.2. The Morgan fingerprint density at radius 3 is 2.50 bits per heavy atom. The molecule has 0 atom stereocenters. The molecule has 24 heavy (non-hydrogen) atoms. The molecular weight excluding hydrogens is 442 g/mol. The summed E-state index contributed by atoms with van der Waals surface area (Å²) in [7, 11) is 0. The van der Waals surface area contributed by atoms with Crippen LogP contribution in [-0.4, -0.2) is 49.8 Å². The Morgan fingerprint density at radius 2 is 1.88 bits per heavy atom. The van der Waals surface area contributed by atoms with Gasteiger partial charge in [0.1, 0.15) is 21.2 Å². The average Bonchev–Trinajstić information content (AvgIpc) is 2.89. The quantitative estimate of drug-likeness (QED) is 0.513. The lowest BCUT2D eigenvalue weighted by Gasteiger charge is -2.33. The lowest BCUT2D eigenvalue weighted by atomic mass is 9.93. The predicted octanol–water partition coefficient (Wildman–Crippen LogP) is 3.99. The van der Waals surface area contributed by atoms with Crippen LogP contribution in [0.1, 0.15) is 45.2 Å². The highest BCUT2D eigenvalue weighted by atomic mass is 79.9. The fourth-order valence-corrected chi connectivity index (χ4v) is 3.86. The Hall–Kier alpha value is -1.22. The number of aromatic amines is 1. The molecule has 7 nitrogen and oxygen atoms in total. The molecule has 130 valence electrons. The first-order valence-corrected chi connectivity index (χ1v) is 9.38. The van der Waals surface area contributed by atoms with Crippen molar-refractivity contribution in [2.45, 2.75) is 45.1 Å². The second kappa shape index (κ2) is 6.59. The van der Waals surface area contributed by atoms with Crippen LogP contribution >= 0.6 is 31.9 Å². The van der Waals surface area contributed by atoms with Gasteiger partial charge in [-0.25, -0.2) is 14.8 Å². The van der Waals surface area contributed by atoms with Gasteiger partial charge in [0.05, 0.1) is 5.69 Å². The molecule has 2 aromatic rings. The normalized spacial score (nSPS) is 16.6. The van der Waals surface area contributed by atoms with Gasteiger partial charge in [0.2, 0.25) is 0 Å². The van der Waals surface area contributed by atoms with Gasteiger partial charge in [0.15, 0.2) is 4.73 Å². The maximum Gasteiger partial charge on any atom is 0.410 e. The van der Waals surface area contributed by atoms with E-state index in [0.29, 0.717) is 22.4 Å². The molecule has 0 unspecified atom stereocenters. The summed E-state index contributed by atoms with van der Waals surface area (Å²) in [5, 5.41) is 7.41. The zero-order valence-electron chi connectivity index (χ0n) is 13.8. The lowest BCUT2D eigenvalue weighted by Crippen LogP contribution is -2.41. The molecule has 1 aliphatic rings. The molecule has 0 radical (unpaired) electrons. The summed E-state index contributed by atoms with van der Waals surface area (Å²) in [6.45, 7) is 6.96. The van der Waals surface area contributed by atoms with E-state index in [1.54, 1.807) is 4.90 Å². The van der Waals surface area contributed by atoms with Crippen LogP contribution in [-0.2, 0) is 4.74 Å². The fraction of sp³-hybridized carbons (Fsp3) is 0.600. The number of H-pyrrole nitrogens is 1. The molecule has 0 aliphatic carbocycles. The Bertz CT molecular complexity index is 763. The Labute approximate surface area is 156 Å². The molecule has 1 N–H and O–H groups in total. The number of carbonyl (C=O) groups excluding carboxylic acids is 1. The SMILES string of the molecule is CC(C)(C)OC(=O)N1CCC(c2[nH]nc3c(Br)nc(Br)nc23)CC1. The Balaban J connectivity index is 1.72. The fourth-order valence-electron chi connectivity index (χ4n) is 2.82. The van der Waals surface area contributed by atoms with E-state index in [0.717, 1.165) is 29.6 Å².